The summed E-state index contributed by atoms with van der Waals surface area (Å²) in [6, 6.07) is 0. The summed E-state index contributed by atoms with van der Waals surface area (Å²) in [7, 11) is 0. The Morgan fingerprint density at radius 3 is 1.06 bits per heavy atom. The van der Waals surface area contributed by atoms with Crippen LogP contribution in [0.15, 0.2) is 12.2 Å². The molecule has 0 nitrogen and oxygen atoms in total. The molecule has 0 saturated carbocycles. The molecule has 0 saturated heterocycles. The molecule has 0 heterocycles. The highest BCUT2D eigenvalue weighted by atomic mass is 19.4. The van der Waals surface area contributed by atoms with Gasteiger partial charge in [0, 0.05) is 6.92 Å². The minimum atomic E-state index is -5.40. The van der Waals surface area contributed by atoms with Gasteiger partial charge in [-0.05, 0) is 0 Å². The normalized spacial score (nSPS) is 12.7. The van der Waals surface area contributed by atoms with Gasteiger partial charge in [-0.1, -0.05) is 0 Å². The first kappa shape index (κ1) is 17.4. The zero-order valence-corrected chi connectivity index (χ0v) is 7.36. The lowest BCUT2D eigenvalue weighted by molar-refractivity contribution is -0.273. The smallest absolute Gasteiger partial charge is 0.197 e. The predicted octanol–water partition coefficient (Wildman–Crippen LogP) is 4.53. The van der Waals surface area contributed by atoms with Gasteiger partial charge in [0.05, 0.1) is 6.08 Å². The van der Waals surface area contributed by atoms with Gasteiger partial charge in [0.15, 0.2) is 0 Å². The minimum Gasteiger partial charge on any atom is -0.197 e. The van der Waals surface area contributed by atoms with Crippen molar-refractivity contribution in [3.63, 3.8) is 0 Å². The third kappa shape index (κ3) is 11.1. The lowest BCUT2D eigenvalue weighted by Crippen LogP contribution is -2.32. The van der Waals surface area contributed by atoms with Crippen LogP contribution in [0.1, 0.15) is 6.92 Å². The highest BCUT2D eigenvalue weighted by Crippen LogP contribution is 2.34. The lowest BCUT2D eigenvalue weighted by Gasteiger charge is -2.12. The molecule has 0 aromatic heterocycles. The molecule has 98 valence electrons. The van der Waals surface area contributed by atoms with Crippen molar-refractivity contribution in [3.8, 4) is 0 Å². The van der Waals surface area contributed by atoms with E-state index < -0.39 is 30.4 Å². The van der Waals surface area contributed by atoms with E-state index in [1.165, 1.54) is 0 Å². The maximum Gasteiger partial charge on any atom is 0.452 e. The van der Waals surface area contributed by atoms with Crippen LogP contribution in [0.3, 0.4) is 0 Å². The van der Waals surface area contributed by atoms with Crippen molar-refractivity contribution in [3.05, 3.63) is 12.2 Å². The van der Waals surface area contributed by atoms with Gasteiger partial charge in [0.2, 0.25) is 0 Å². The fourth-order valence-corrected chi connectivity index (χ4v) is 0.124. The molecule has 0 unspecified atom stereocenters. The average Bonchev–Trinajstić information content (AvgIpc) is 1.74. The zero-order chi connectivity index (χ0) is 13.8. The molecule has 0 aromatic rings. The Balaban J connectivity index is 0. The molecular weight excluding hydrogens is 262 g/mol. The minimum absolute atomic E-state index is 0.188. The van der Waals surface area contributed by atoms with Crippen LogP contribution < -0.4 is 0 Å². The third-order valence-corrected chi connectivity index (χ3v) is 0.771. The fraction of sp³-hybridized carbons (Fsp3) is 0.667. The van der Waals surface area contributed by atoms with Gasteiger partial charge in [-0.2, -0.15) is 43.9 Å². The second-order valence-electron chi connectivity index (χ2n) is 2.36. The molecular formula is C6H4F10. The number of halogens is 10. The first-order chi connectivity index (χ1) is 6.67. The molecule has 0 amide bonds. The quantitative estimate of drug-likeness (QED) is 0.565. The second kappa shape index (κ2) is 5.39. The van der Waals surface area contributed by atoms with Crippen LogP contribution in [0.25, 0.3) is 0 Å². The topological polar surface area (TPSA) is 0 Å². The molecule has 0 radical (unpaired) electrons. The van der Waals surface area contributed by atoms with Crippen LogP contribution in [0.2, 0.25) is 0 Å². The molecule has 0 rings (SSSR count). The van der Waals surface area contributed by atoms with E-state index in [4.69, 9.17) is 0 Å². The number of hydrogen-bond donors (Lipinski definition) is 0. The molecule has 0 spiro atoms. The largest absolute Gasteiger partial charge is 0.452 e. The van der Waals surface area contributed by atoms with Crippen molar-refractivity contribution in [2.75, 3.05) is 0 Å². The summed E-state index contributed by atoms with van der Waals surface area (Å²) in [5, 5.41) is 0. The standard InChI is InChI=1S/C3H3F5.C3HF5/c1-2(4,5)3(6,7)8;4-2(5)1-3(6,7)8/h1H3;1H. The van der Waals surface area contributed by atoms with E-state index in [-0.39, 0.29) is 6.92 Å². The van der Waals surface area contributed by atoms with Crippen molar-refractivity contribution in [1.29, 1.82) is 0 Å². The molecule has 0 aliphatic heterocycles. The van der Waals surface area contributed by atoms with Gasteiger partial charge < -0.3 is 0 Å². The maximum absolute atomic E-state index is 11.1. The summed E-state index contributed by atoms with van der Waals surface area (Å²) in [4.78, 5) is 0. The Labute approximate surface area is 82.5 Å². The van der Waals surface area contributed by atoms with E-state index in [0.717, 1.165) is 0 Å². The molecule has 0 N–H and O–H groups in total. The van der Waals surface area contributed by atoms with Crippen molar-refractivity contribution in [2.45, 2.75) is 25.2 Å². The Morgan fingerprint density at radius 2 is 1.06 bits per heavy atom. The van der Waals surface area contributed by atoms with Gasteiger partial charge in [0.1, 0.15) is 0 Å². The first-order valence-corrected chi connectivity index (χ1v) is 3.22. The van der Waals surface area contributed by atoms with E-state index in [1.807, 2.05) is 0 Å². The summed E-state index contributed by atoms with van der Waals surface area (Å²) in [5.74, 6) is -4.56. The summed E-state index contributed by atoms with van der Waals surface area (Å²) < 4.78 is 108. The van der Waals surface area contributed by atoms with Crippen LogP contribution in [0.5, 0.6) is 0 Å². The van der Waals surface area contributed by atoms with Crippen LogP contribution in [-0.4, -0.2) is 18.3 Å². The van der Waals surface area contributed by atoms with Crippen LogP contribution in [0.4, 0.5) is 43.9 Å². The van der Waals surface area contributed by atoms with Crippen molar-refractivity contribution in [1.82, 2.24) is 0 Å². The van der Waals surface area contributed by atoms with Gasteiger partial charge in [0.25, 0.3) is 6.08 Å². The Hall–Kier alpha value is -0.960. The summed E-state index contributed by atoms with van der Waals surface area (Å²) in [6.45, 7) is -0.188. The van der Waals surface area contributed by atoms with Gasteiger partial charge in [-0.3, -0.25) is 0 Å². The number of hydrogen-bond acceptors (Lipinski definition) is 0. The van der Waals surface area contributed by atoms with E-state index in [1.54, 1.807) is 0 Å². The van der Waals surface area contributed by atoms with Crippen LogP contribution >= 0.6 is 0 Å². The molecule has 0 atom stereocenters. The van der Waals surface area contributed by atoms with Crippen molar-refractivity contribution >= 4 is 0 Å². The van der Waals surface area contributed by atoms with Crippen molar-refractivity contribution in [2.24, 2.45) is 0 Å². The van der Waals surface area contributed by atoms with Crippen LogP contribution in [0, 0.1) is 0 Å². The van der Waals surface area contributed by atoms with Gasteiger partial charge >= 0.3 is 18.3 Å². The molecule has 10 heteroatoms. The van der Waals surface area contributed by atoms with E-state index in [0.29, 0.717) is 0 Å². The highest BCUT2D eigenvalue weighted by Gasteiger charge is 2.52. The van der Waals surface area contributed by atoms with Gasteiger partial charge in [-0.15, -0.1) is 0 Å². The first-order valence-electron chi connectivity index (χ1n) is 3.22. The Kier molecular flexibility index (Phi) is 5.88. The molecule has 0 aliphatic rings. The van der Waals surface area contributed by atoms with Crippen molar-refractivity contribution < 1.29 is 43.9 Å². The Morgan fingerprint density at radius 1 is 0.812 bits per heavy atom. The third-order valence-electron chi connectivity index (χ3n) is 0.771. The van der Waals surface area contributed by atoms with Gasteiger partial charge in [-0.25, -0.2) is 0 Å². The maximum atomic E-state index is 11.1. The lowest BCUT2D eigenvalue weighted by atomic mass is 10.4. The average molecular weight is 266 g/mol. The van der Waals surface area contributed by atoms with E-state index in [9.17, 15) is 43.9 Å². The van der Waals surface area contributed by atoms with E-state index in [2.05, 4.69) is 0 Å². The van der Waals surface area contributed by atoms with Crippen LogP contribution in [-0.2, 0) is 0 Å². The predicted molar refractivity (Wildman–Crippen MR) is 33.0 cm³/mol. The summed E-state index contributed by atoms with van der Waals surface area (Å²) >= 11 is 0. The van der Waals surface area contributed by atoms with E-state index >= 15 is 0 Å². The highest BCUT2D eigenvalue weighted by molar-refractivity contribution is 4.87. The Bertz CT molecular complexity index is 209. The molecule has 0 aromatic carbocycles. The molecule has 0 fully saturated rings. The molecule has 0 bridgehead atoms. The SMILES string of the molecule is CC(F)(F)C(F)(F)F.FC(F)=CC(F)(F)F. The molecule has 16 heavy (non-hydrogen) atoms. The zero-order valence-electron chi connectivity index (χ0n) is 7.36. The monoisotopic (exact) mass is 266 g/mol. The fourth-order valence-electron chi connectivity index (χ4n) is 0.124. The summed E-state index contributed by atoms with van der Waals surface area (Å²) in [6.07, 6.45) is -14.1. The second-order valence-corrected chi connectivity index (χ2v) is 2.36. The summed E-state index contributed by atoms with van der Waals surface area (Å²) in [5.41, 5.74) is 0. The molecule has 0 aliphatic carbocycles. The number of allylic oxidation sites excluding steroid dienone is 1. The number of rotatable bonds is 0. The number of alkyl halides is 8.